The van der Waals surface area contributed by atoms with Gasteiger partial charge in [0.1, 0.15) is 0 Å². The first kappa shape index (κ1) is 18.5. The Balaban J connectivity index is -0.0000000200. The minimum absolute atomic E-state index is 0. The Bertz CT molecular complexity index is 9.61. The summed E-state index contributed by atoms with van der Waals surface area (Å²) in [6.45, 7) is 0. The summed E-state index contributed by atoms with van der Waals surface area (Å²) in [5.74, 6) is 0. The molecule has 0 saturated heterocycles. The van der Waals surface area contributed by atoms with Gasteiger partial charge in [-0.1, -0.05) is 0 Å². The highest BCUT2D eigenvalue weighted by atomic mass is 31.0. The second-order valence-corrected chi connectivity index (χ2v) is 0.707. The number of rotatable bonds is 0. The van der Waals surface area contributed by atoms with Crippen LogP contribution in [0.3, 0.4) is 0 Å². The predicted octanol–water partition coefficient (Wildman–Crippen LogP) is 0.747. The lowest BCUT2D eigenvalue weighted by atomic mass is 11.8. The molecule has 4 heteroatoms. The maximum atomic E-state index is 4.17. The number of hydrogen-bond donors (Lipinski definition) is 2. The van der Waals surface area contributed by atoms with Crippen LogP contribution in [-0.4, -0.2) is 7.11 Å². The third-order valence-electron chi connectivity index (χ3n) is 0. The van der Waals surface area contributed by atoms with Gasteiger partial charge in [-0.15, -0.1) is 0 Å². The number of hydrogen-bond acceptors (Lipinski definition) is 3. The zero-order chi connectivity index (χ0) is 2.71. The zero-order valence-corrected chi connectivity index (χ0v) is 4.55. The van der Waals surface area contributed by atoms with E-state index in [1.807, 2.05) is 0 Å². The molecule has 0 aliphatic rings. The first-order valence-electron chi connectivity index (χ1n) is 0.644. The van der Waals surface area contributed by atoms with Gasteiger partial charge in [-0.05, 0) is 9.47 Å². The van der Waals surface area contributed by atoms with Gasteiger partial charge in [0.2, 0.25) is 0 Å². The summed E-state index contributed by atoms with van der Waals surface area (Å²) in [4.78, 5) is 0. The minimum Gasteiger partial charge on any atom is -0.369 e. The molecule has 0 radical (unpaired) electrons. The van der Waals surface area contributed by atoms with Gasteiger partial charge < -0.3 is 16.8 Å². The lowest BCUT2D eigenvalue weighted by Gasteiger charge is -1.60. The van der Waals surface area contributed by atoms with Crippen molar-refractivity contribution in [3.8, 4) is 0 Å². The third kappa shape index (κ3) is 239. The summed E-state index contributed by atoms with van der Waals surface area (Å²) < 4.78 is 4.17. The Labute approximate surface area is 34.5 Å². The molecule has 0 aliphatic carbocycles. The molecule has 3 nitrogen and oxygen atoms in total. The second-order valence-electron chi connectivity index (χ2n) is 0.236. The van der Waals surface area contributed by atoms with E-state index in [1.165, 1.54) is 0 Å². The van der Waals surface area contributed by atoms with Gasteiger partial charge in [0, 0.05) is 7.11 Å². The normalized spacial score (nSPS) is 3.60. The van der Waals surface area contributed by atoms with Crippen molar-refractivity contribution >= 4 is 9.47 Å². The summed E-state index contributed by atoms with van der Waals surface area (Å²) >= 11 is 0. The molecule has 0 rings (SSSR count). The summed E-state index contributed by atoms with van der Waals surface area (Å²) in [5, 5.41) is 0. The SMILES string of the molecule is COP.N.N. The van der Waals surface area contributed by atoms with Crippen molar-refractivity contribution in [1.82, 2.24) is 12.3 Å². The van der Waals surface area contributed by atoms with Crippen LogP contribution in [0.25, 0.3) is 0 Å². The molecule has 0 aliphatic heterocycles. The molecule has 5 heavy (non-hydrogen) atoms. The third-order valence-corrected chi connectivity index (χ3v) is 0. The monoisotopic (exact) mass is 98.1 g/mol. The molecule has 0 bridgehead atoms. The van der Waals surface area contributed by atoms with Crippen LogP contribution in [0.4, 0.5) is 0 Å². The fourth-order valence-corrected chi connectivity index (χ4v) is 0. The molecule has 0 fully saturated rings. The van der Waals surface area contributed by atoms with Crippen molar-refractivity contribution in [2.45, 2.75) is 0 Å². The Morgan fingerprint density at radius 2 is 1.40 bits per heavy atom. The van der Waals surface area contributed by atoms with Crippen molar-refractivity contribution in [3.05, 3.63) is 0 Å². The van der Waals surface area contributed by atoms with Gasteiger partial charge in [-0.3, -0.25) is 0 Å². The van der Waals surface area contributed by atoms with Gasteiger partial charge >= 0.3 is 0 Å². The molecule has 0 spiro atoms. The predicted molar refractivity (Wildman–Crippen MR) is 26.8 cm³/mol. The van der Waals surface area contributed by atoms with Crippen molar-refractivity contribution in [1.29, 1.82) is 0 Å². The van der Waals surface area contributed by atoms with E-state index in [0.29, 0.717) is 0 Å². The zero-order valence-electron chi connectivity index (χ0n) is 3.40. The van der Waals surface area contributed by atoms with Gasteiger partial charge in [0.15, 0.2) is 0 Å². The van der Waals surface area contributed by atoms with E-state index >= 15 is 0 Å². The van der Waals surface area contributed by atoms with Crippen LogP contribution >= 0.6 is 9.47 Å². The highest BCUT2D eigenvalue weighted by Gasteiger charge is 1.25. The molecular weight excluding hydrogens is 87.0 g/mol. The highest BCUT2D eigenvalue weighted by molar-refractivity contribution is 7.09. The van der Waals surface area contributed by atoms with E-state index in [2.05, 4.69) is 14.0 Å². The van der Waals surface area contributed by atoms with Crippen molar-refractivity contribution in [2.24, 2.45) is 0 Å². The van der Waals surface area contributed by atoms with Crippen LogP contribution in [-0.2, 0) is 4.52 Å². The molecule has 0 aromatic carbocycles. The van der Waals surface area contributed by atoms with Gasteiger partial charge in [0.25, 0.3) is 0 Å². The molecule has 0 aromatic heterocycles. The standard InChI is InChI=1S/CH5OP.2H3N/c1-2-3;;/h3H2,1H3;2*1H3. The molecule has 0 aromatic rings. The minimum atomic E-state index is 0. The summed E-state index contributed by atoms with van der Waals surface area (Å²) in [5.41, 5.74) is 0. The Hall–Kier alpha value is 0.310. The van der Waals surface area contributed by atoms with Crippen molar-refractivity contribution in [2.75, 3.05) is 7.11 Å². The first-order chi connectivity index (χ1) is 1.41. The topological polar surface area (TPSA) is 79.2 Å². The first-order valence-corrected chi connectivity index (χ1v) is 1.12. The molecule has 6 N–H and O–H groups in total. The van der Waals surface area contributed by atoms with E-state index in [0.717, 1.165) is 0 Å². The molecule has 1 unspecified atom stereocenters. The summed E-state index contributed by atoms with van der Waals surface area (Å²) in [7, 11) is 3.67. The van der Waals surface area contributed by atoms with Crippen molar-refractivity contribution in [3.63, 3.8) is 0 Å². The van der Waals surface area contributed by atoms with Gasteiger partial charge in [-0.25, -0.2) is 0 Å². The lowest BCUT2D eigenvalue weighted by molar-refractivity contribution is 0.488. The van der Waals surface area contributed by atoms with E-state index in [-0.39, 0.29) is 12.3 Å². The molecular formula is CH11N2OP. The van der Waals surface area contributed by atoms with Crippen LogP contribution in [0.5, 0.6) is 0 Å². The van der Waals surface area contributed by atoms with Crippen LogP contribution in [0, 0.1) is 0 Å². The van der Waals surface area contributed by atoms with Crippen LogP contribution in [0.2, 0.25) is 0 Å². The molecule has 0 heterocycles. The van der Waals surface area contributed by atoms with E-state index in [9.17, 15) is 0 Å². The highest BCUT2D eigenvalue weighted by Crippen LogP contribution is 1.68. The molecule has 0 amide bonds. The van der Waals surface area contributed by atoms with E-state index < -0.39 is 0 Å². The fourth-order valence-electron chi connectivity index (χ4n) is 0. The average molecular weight is 98.1 g/mol. The second kappa shape index (κ2) is 27.5. The Morgan fingerprint density at radius 3 is 1.40 bits per heavy atom. The van der Waals surface area contributed by atoms with Crippen molar-refractivity contribution < 1.29 is 4.52 Å². The molecule has 0 saturated carbocycles. The van der Waals surface area contributed by atoms with E-state index in [4.69, 9.17) is 0 Å². The Kier molecular flexibility index (Phi) is 102. The fraction of sp³-hybridized carbons (Fsp3) is 1.00. The van der Waals surface area contributed by atoms with Gasteiger partial charge in [0.05, 0.1) is 0 Å². The summed E-state index contributed by atoms with van der Waals surface area (Å²) in [6.07, 6.45) is 0. The summed E-state index contributed by atoms with van der Waals surface area (Å²) in [6, 6.07) is 0. The average Bonchev–Trinajstić information content (AvgIpc) is 0.918. The quantitative estimate of drug-likeness (QED) is 0.438. The van der Waals surface area contributed by atoms with Gasteiger partial charge in [-0.2, -0.15) is 0 Å². The van der Waals surface area contributed by atoms with Crippen LogP contribution in [0.15, 0.2) is 0 Å². The van der Waals surface area contributed by atoms with Crippen LogP contribution in [0.1, 0.15) is 0 Å². The maximum absolute atomic E-state index is 4.17. The molecule has 1 atom stereocenters. The largest absolute Gasteiger partial charge is 0.369 e. The lowest BCUT2D eigenvalue weighted by Crippen LogP contribution is -1.37. The molecule has 36 valence electrons. The van der Waals surface area contributed by atoms with Crippen LogP contribution < -0.4 is 12.3 Å². The Morgan fingerprint density at radius 1 is 1.40 bits per heavy atom. The maximum Gasteiger partial charge on any atom is 0.0391 e. The van der Waals surface area contributed by atoms with E-state index in [1.54, 1.807) is 7.11 Å². The smallest absolute Gasteiger partial charge is 0.0391 e.